The van der Waals surface area contributed by atoms with Gasteiger partial charge in [0.15, 0.2) is 0 Å². The normalized spacial score (nSPS) is 15.1. The lowest BCUT2D eigenvalue weighted by molar-refractivity contribution is -0.133. The third kappa shape index (κ3) is 7.41. The van der Waals surface area contributed by atoms with Crippen molar-refractivity contribution in [3.8, 4) is 0 Å². The number of rotatable bonds is 9. The molecule has 3 amide bonds. The van der Waals surface area contributed by atoms with E-state index in [9.17, 15) is 9.59 Å². The Hall–Kier alpha value is -3.16. The number of nitrogens with zero attached hydrogens (tertiary/aromatic N) is 2. The van der Waals surface area contributed by atoms with Gasteiger partial charge in [-0.15, -0.1) is 11.3 Å². The zero-order valence-electron chi connectivity index (χ0n) is 20.4. The third-order valence-corrected chi connectivity index (χ3v) is 7.03. The molecule has 35 heavy (non-hydrogen) atoms. The molecule has 0 saturated carbocycles. The van der Waals surface area contributed by atoms with E-state index in [0.717, 1.165) is 34.5 Å². The molecule has 1 aliphatic heterocycles. The molecule has 2 aromatic carbocycles. The van der Waals surface area contributed by atoms with Crippen molar-refractivity contribution in [2.75, 3.05) is 25.0 Å². The van der Waals surface area contributed by atoms with Crippen LogP contribution in [-0.4, -0.2) is 47.5 Å². The predicted octanol–water partition coefficient (Wildman–Crippen LogP) is 5.61. The lowest BCUT2D eigenvalue weighted by Gasteiger charge is -2.29. The summed E-state index contributed by atoms with van der Waals surface area (Å²) >= 11 is 1.69. The van der Waals surface area contributed by atoms with Gasteiger partial charge in [-0.1, -0.05) is 42.5 Å². The minimum Gasteiger partial charge on any atom is -0.376 e. The van der Waals surface area contributed by atoms with Crippen LogP contribution in [-0.2, 0) is 22.6 Å². The number of ether oxygens (including phenoxy) is 1. The van der Waals surface area contributed by atoms with E-state index in [1.54, 1.807) is 16.2 Å². The lowest BCUT2D eigenvalue weighted by Crippen LogP contribution is -2.46. The number of anilines is 1. The molecule has 4 rings (SSSR count). The largest absolute Gasteiger partial charge is 0.376 e. The SMILES string of the molecule is Cc1cccc(NC(=O)N(CC(=O)N(Cc2ccccc2)Cc2ccc(C)s2)C[C@H]2CCCO2)c1. The number of carbonyl (C=O) groups excluding carboxylic acids is 2. The van der Waals surface area contributed by atoms with E-state index in [-0.39, 0.29) is 24.6 Å². The van der Waals surface area contributed by atoms with Gasteiger partial charge in [0.25, 0.3) is 0 Å². The van der Waals surface area contributed by atoms with Gasteiger partial charge in [0, 0.05) is 35.1 Å². The fourth-order valence-corrected chi connectivity index (χ4v) is 5.14. The molecular formula is C28H33N3O3S. The van der Waals surface area contributed by atoms with Gasteiger partial charge < -0.3 is 19.9 Å². The minimum atomic E-state index is -0.286. The summed E-state index contributed by atoms with van der Waals surface area (Å²) in [6.45, 7) is 6.14. The highest BCUT2D eigenvalue weighted by molar-refractivity contribution is 7.11. The summed E-state index contributed by atoms with van der Waals surface area (Å²) < 4.78 is 5.79. The molecule has 1 atom stereocenters. The Bertz CT molecular complexity index is 1130. The van der Waals surface area contributed by atoms with Crippen LogP contribution < -0.4 is 5.32 Å². The monoisotopic (exact) mass is 491 g/mol. The summed E-state index contributed by atoms with van der Waals surface area (Å²) in [6.07, 6.45) is 1.82. The van der Waals surface area contributed by atoms with Gasteiger partial charge in [0.1, 0.15) is 6.54 Å². The van der Waals surface area contributed by atoms with Crippen LogP contribution in [0.1, 0.15) is 33.7 Å². The second-order valence-corrected chi connectivity index (χ2v) is 10.4. The second kappa shape index (κ2) is 12.0. The van der Waals surface area contributed by atoms with Crippen molar-refractivity contribution in [2.24, 2.45) is 0 Å². The number of benzene rings is 2. The standard InChI is InChI=1S/C28H33N3O3S/c1-21-8-6-11-24(16-21)29-28(33)31(18-25-12-7-15-34-25)20-27(32)30(17-23-9-4-3-5-10-23)19-26-14-13-22(2)35-26/h3-6,8-11,13-14,16,25H,7,12,15,17-20H2,1-2H3,(H,29,33)/t25-/m1/s1. The van der Waals surface area contributed by atoms with Crippen molar-refractivity contribution in [3.63, 3.8) is 0 Å². The highest BCUT2D eigenvalue weighted by Gasteiger charge is 2.27. The Morgan fingerprint density at radius 1 is 1.00 bits per heavy atom. The molecule has 0 bridgehead atoms. The Balaban J connectivity index is 1.51. The fraction of sp³-hybridized carbons (Fsp3) is 0.357. The minimum absolute atomic E-state index is 0.00526. The molecule has 6 nitrogen and oxygen atoms in total. The predicted molar refractivity (Wildman–Crippen MR) is 140 cm³/mol. The van der Waals surface area contributed by atoms with Crippen molar-refractivity contribution in [1.82, 2.24) is 9.80 Å². The van der Waals surface area contributed by atoms with Gasteiger partial charge in [0.05, 0.1) is 12.6 Å². The fourth-order valence-electron chi connectivity index (χ4n) is 4.24. The van der Waals surface area contributed by atoms with Crippen LogP contribution in [0.4, 0.5) is 10.5 Å². The number of thiophene rings is 1. The van der Waals surface area contributed by atoms with Gasteiger partial charge in [-0.05, 0) is 62.1 Å². The topological polar surface area (TPSA) is 61.9 Å². The molecule has 1 fully saturated rings. The van der Waals surface area contributed by atoms with E-state index in [1.807, 2.05) is 66.4 Å². The van der Waals surface area contributed by atoms with Crippen LogP contribution in [0.25, 0.3) is 0 Å². The van der Waals surface area contributed by atoms with Crippen LogP contribution >= 0.6 is 11.3 Å². The molecule has 7 heteroatoms. The first kappa shape index (κ1) is 24.9. The molecule has 0 aliphatic carbocycles. The number of hydrogen-bond acceptors (Lipinski definition) is 4. The van der Waals surface area contributed by atoms with Crippen LogP contribution in [0.15, 0.2) is 66.7 Å². The quantitative estimate of drug-likeness (QED) is 0.423. The number of hydrogen-bond donors (Lipinski definition) is 1. The van der Waals surface area contributed by atoms with E-state index < -0.39 is 0 Å². The van der Waals surface area contributed by atoms with E-state index in [4.69, 9.17) is 4.74 Å². The molecule has 2 heterocycles. The zero-order valence-corrected chi connectivity index (χ0v) is 21.2. The van der Waals surface area contributed by atoms with Crippen molar-refractivity contribution < 1.29 is 14.3 Å². The van der Waals surface area contributed by atoms with Gasteiger partial charge in [-0.2, -0.15) is 0 Å². The molecule has 184 valence electrons. The first-order valence-corrected chi connectivity index (χ1v) is 12.9. The Kier molecular flexibility index (Phi) is 8.55. The molecule has 1 N–H and O–H groups in total. The molecule has 0 unspecified atom stereocenters. The Labute approximate surface area is 211 Å². The Morgan fingerprint density at radius 2 is 1.83 bits per heavy atom. The van der Waals surface area contributed by atoms with Crippen molar-refractivity contribution in [3.05, 3.63) is 87.6 Å². The lowest BCUT2D eigenvalue weighted by atomic mass is 10.2. The highest BCUT2D eigenvalue weighted by Crippen LogP contribution is 2.20. The molecule has 0 spiro atoms. The average molecular weight is 492 g/mol. The van der Waals surface area contributed by atoms with E-state index >= 15 is 0 Å². The maximum atomic E-state index is 13.6. The van der Waals surface area contributed by atoms with E-state index in [0.29, 0.717) is 26.2 Å². The van der Waals surface area contributed by atoms with Gasteiger partial charge in [-0.25, -0.2) is 4.79 Å². The summed E-state index contributed by atoms with van der Waals surface area (Å²) in [7, 11) is 0. The second-order valence-electron chi connectivity index (χ2n) is 9.06. The molecule has 1 aliphatic rings. The van der Waals surface area contributed by atoms with Gasteiger partial charge in [0.2, 0.25) is 5.91 Å². The number of nitrogens with one attached hydrogen (secondary N) is 1. The van der Waals surface area contributed by atoms with Crippen molar-refractivity contribution in [2.45, 2.75) is 45.9 Å². The zero-order chi connectivity index (χ0) is 24.6. The summed E-state index contributed by atoms with van der Waals surface area (Å²) in [5.74, 6) is -0.0858. The highest BCUT2D eigenvalue weighted by atomic mass is 32.1. The van der Waals surface area contributed by atoms with Crippen molar-refractivity contribution in [1.29, 1.82) is 0 Å². The smallest absolute Gasteiger partial charge is 0.322 e. The molecule has 0 radical (unpaired) electrons. The maximum Gasteiger partial charge on any atom is 0.322 e. The summed E-state index contributed by atoms with van der Waals surface area (Å²) in [6, 6.07) is 21.5. The summed E-state index contributed by atoms with van der Waals surface area (Å²) in [5, 5.41) is 2.97. The number of amides is 3. The first-order valence-electron chi connectivity index (χ1n) is 12.1. The molecule has 3 aromatic rings. The van der Waals surface area contributed by atoms with Crippen LogP contribution in [0.2, 0.25) is 0 Å². The van der Waals surface area contributed by atoms with Crippen molar-refractivity contribution >= 4 is 29.0 Å². The summed E-state index contributed by atoms with van der Waals surface area (Å²) in [5.41, 5.74) is 2.84. The van der Waals surface area contributed by atoms with Crippen LogP contribution in [0, 0.1) is 13.8 Å². The molecule has 1 saturated heterocycles. The Morgan fingerprint density at radius 3 is 2.51 bits per heavy atom. The number of urea groups is 1. The van der Waals surface area contributed by atoms with Crippen LogP contribution in [0.5, 0.6) is 0 Å². The molecular weight excluding hydrogens is 458 g/mol. The van der Waals surface area contributed by atoms with Crippen LogP contribution in [0.3, 0.4) is 0 Å². The average Bonchev–Trinajstić information content (AvgIpc) is 3.50. The number of aryl methyl sites for hydroxylation is 2. The maximum absolute atomic E-state index is 13.6. The van der Waals surface area contributed by atoms with E-state index in [1.165, 1.54) is 4.88 Å². The van der Waals surface area contributed by atoms with Gasteiger partial charge in [-0.3, -0.25) is 4.79 Å². The van der Waals surface area contributed by atoms with Gasteiger partial charge >= 0.3 is 6.03 Å². The summed E-state index contributed by atoms with van der Waals surface area (Å²) in [4.78, 5) is 32.7. The third-order valence-electron chi connectivity index (χ3n) is 6.04. The molecule has 1 aromatic heterocycles. The number of carbonyl (C=O) groups is 2. The van der Waals surface area contributed by atoms with E-state index in [2.05, 4.69) is 24.4 Å². The first-order chi connectivity index (χ1) is 17.0.